The van der Waals surface area contributed by atoms with Gasteiger partial charge < -0.3 is 20.7 Å². The first-order chi connectivity index (χ1) is 14.1. The van der Waals surface area contributed by atoms with E-state index >= 15 is 0 Å². The molecule has 1 fully saturated rings. The summed E-state index contributed by atoms with van der Waals surface area (Å²) in [5, 5.41) is 9.84. The van der Waals surface area contributed by atoms with Crippen molar-refractivity contribution in [3.63, 3.8) is 0 Å². The van der Waals surface area contributed by atoms with Gasteiger partial charge in [0.15, 0.2) is 5.96 Å². The Kier molecular flexibility index (Phi) is 7.23. The second-order valence-corrected chi connectivity index (χ2v) is 7.82. The topological polar surface area (TPSA) is 74.8 Å². The molecule has 7 heteroatoms. The number of amides is 1. The Balaban J connectivity index is 0.00000256. The van der Waals surface area contributed by atoms with Gasteiger partial charge in [0.1, 0.15) is 5.75 Å². The molecule has 0 saturated heterocycles. The van der Waals surface area contributed by atoms with Gasteiger partial charge in [-0.25, -0.2) is 0 Å². The minimum absolute atomic E-state index is 0. The molecular weight excluding hydrogens is 491 g/mol. The van der Waals surface area contributed by atoms with Gasteiger partial charge in [-0.05, 0) is 30.5 Å². The number of guanidine groups is 1. The maximum atomic E-state index is 12.0. The van der Waals surface area contributed by atoms with Crippen LogP contribution in [0.1, 0.15) is 36.3 Å². The fourth-order valence-corrected chi connectivity index (χ4v) is 4.15. The van der Waals surface area contributed by atoms with E-state index in [0.717, 1.165) is 36.8 Å². The van der Waals surface area contributed by atoms with Crippen molar-refractivity contribution in [3.05, 3.63) is 59.7 Å². The van der Waals surface area contributed by atoms with Crippen LogP contribution in [0, 0.1) is 0 Å². The van der Waals surface area contributed by atoms with Crippen LogP contribution in [0.2, 0.25) is 0 Å². The predicted octanol–water partition coefficient (Wildman–Crippen LogP) is 3.64. The molecule has 1 aliphatic carbocycles. The van der Waals surface area contributed by atoms with Crippen molar-refractivity contribution in [2.45, 2.75) is 30.6 Å². The Morgan fingerprint density at radius 3 is 2.63 bits per heavy atom. The number of aliphatic imine (C=N–C) groups is 1. The quantitative estimate of drug-likeness (QED) is 0.309. The van der Waals surface area contributed by atoms with Crippen molar-refractivity contribution in [3.8, 4) is 5.75 Å². The van der Waals surface area contributed by atoms with Crippen LogP contribution in [0.3, 0.4) is 0 Å². The number of carbonyl (C=O) groups excluding carboxylic acids is 1. The minimum atomic E-state index is 0. The predicted molar refractivity (Wildman–Crippen MR) is 131 cm³/mol. The van der Waals surface area contributed by atoms with E-state index in [-0.39, 0.29) is 41.2 Å². The first-order valence-electron chi connectivity index (χ1n) is 10.1. The number of fused-ring (bicyclic) bond motifs is 1. The summed E-state index contributed by atoms with van der Waals surface area (Å²) in [6.45, 7) is 1.46. The van der Waals surface area contributed by atoms with Crippen LogP contribution in [0.15, 0.2) is 53.5 Å². The summed E-state index contributed by atoms with van der Waals surface area (Å²) in [6, 6.07) is 16.2. The highest BCUT2D eigenvalue weighted by atomic mass is 127. The van der Waals surface area contributed by atoms with Crippen LogP contribution in [0.5, 0.6) is 5.75 Å². The number of nitrogens with one attached hydrogen (secondary N) is 3. The SMILES string of the molecule is CN=C(NCC1CC(=O)Nc2ccccc21)NCC1(c2ccccc2OC)CC1.I. The molecule has 3 N–H and O–H groups in total. The molecular formula is C23H29IN4O2. The van der Waals surface area contributed by atoms with E-state index in [2.05, 4.69) is 39.1 Å². The van der Waals surface area contributed by atoms with Crippen LogP contribution < -0.4 is 20.7 Å². The minimum Gasteiger partial charge on any atom is -0.496 e. The molecule has 0 radical (unpaired) electrons. The van der Waals surface area contributed by atoms with Crippen LogP contribution in [0.25, 0.3) is 0 Å². The number of hydrogen-bond acceptors (Lipinski definition) is 3. The molecule has 0 bridgehead atoms. The molecule has 1 amide bonds. The summed E-state index contributed by atoms with van der Waals surface area (Å²) in [5.41, 5.74) is 3.43. The fourth-order valence-electron chi connectivity index (χ4n) is 4.15. The second-order valence-electron chi connectivity index (χ2n) is 7.82. The third-order valence-electron chi connectivity index (χ3n) is 5.97. The van der Waals surface area contributed by atoms with Gasteiger partial charge in [0, 0.05) is 49.1 Å². The Morgan fingerprint density at radius 1 is 1.17 bits per heavy atom. The first-order valence-corrected chi connectivity index (χ1v) is 10.1. The Labute approximate surface area is 194 Å². The van der Waals surface area contributed by atoms with E-state index in [1.807, 2.05) is 30.3 Å². The number of carbonyl (C=O) groups is 1. The normalized spacial score (nSPS) is 19.1. The zero-order valence-corrected chi connectivity index (χ0v) is 19.7. The van der Waals surface area contributed by atoms with E-state index in [1.54, 1.807) is 14.2 Å². The number of methoxy groups -OCH3 is 1. The zero-order valence-electron chi connectivity index (χ0n) is 17.4. The van der Waals surface area contributed by atoms with E-state index in [0.29, 0.717) is 13.0 Å². The van der Waals surface area contributed by atoms with E-state index < -0.39 is 0 Å². The molecule has 6 nitrogen and oxygen atoms in total. The Hall–Kier alpha value is -2.29. The number of para-hydroxylation sites is 2. The molecule has 2 aromatic rings. The molecule has 1 heterocycles. The lowest BCUT2D eigenvalue weighted by Crippen LogP contribution is -2.43. The lowest BCUT2D eigenvalue weighted by Gasteiger charge is -2.27. The highest BCUT2D eigenvalue weighted by Crippen LogP contribution is 2.50. The lowest BCUT2D eigenvalue weighted by atomic mass is 9.90. The van der Waals surface area contributed by atoms with Crippen LogP contribution >= 0.6 is 24.0 Å². The summed E-state index contributed by atoms with van der Waals surface area (Å²) in [7, 11) is 3.50. The highest BCUT2D eigenvalue weighted by molar-refractivity contribution is 14.0. The number of anilines is 1. The first kappa shape index (κ1) is 22.4. The second kappa shape index (κ2) is 9.68. The monoisotopic (exact) mass is 520 g/mol. The molecule has 2 aromatic carbocycles. The van der Waals surface area contributed by atoms with E-state index in [1.165, 1.54) is 11.1 Å². The molecule has 1 aliphatic heterocycles. The van der Waals surface area contributed by atoms with Crippen LogP contribution in [0.4, 0.5) is 5.69 Å². The molecule has 0 spiro atoms. The maximum absolute atomic E-state index is 12.0. The average molecular weight is 520 g/mol. The van der Waals surface area contributed by atoms with Gasteiger partial charge in [-0.1, -0.05) is 36.4 Å². The van der Waals surface area contributed by atoms with Gasteiger partial charge in [0.25, 0.3) is 0 Å². The maximum Gasteiger partial charge on any atom is 0.225 e. The number of rotatable bonds is 6. The smallest absolute Gasteiger partial charge is 0.225 e. The third kappa shape index (κ3) is 4.71. The summed E-state index contributed by atoms with van der Waals surface area (Å²) in [4.78, 5) is 16.4. The van der Waals surface area contributed by atoms with E-state index in [4.69, 9.17) is 4.74 Å². The number of ether oxygens (including phenoxy) is 1. The summed E-state index contributed by atoms with van der Waals surface area (Å²) >= 11 is 0. The van der Waals surface area contributed by atoms with Crippen molar-refractivity contribution in [1.29, 1.82) is 0 Å². The van der Waals surface area contributed by atoms with Gasteiger partial charge in [0.05, 0.1) is 7.11 Å². The molecule has 1 unspecified atom stereocenters. The molecule has 1 saturated carbocycles. The zero-order chi connectivity index (χ0) is 20.3. The number of halogens is 1. The molecule has 1 atom stereocenters. The summed E-state index contributed by atoms with van der Waals surface area (Å²) in [5.74, 6) is 1.89. The fraction of sp³-hybridized carbons (Fsp3) is 0.391. The number of nitrogens with zero attached hydrogens (tertiary/aromatic N) is 1. The van der Waals surface area contributed by atoms with E-state index in [9.17, 15) is 4.79 Å². The van der Waals surface area contributed by atoms with Gasteiger partial charge in [-0.2, -0.15) is 0 Å². The third-order valence-corrected chi connectivity index (χ3v) is 5.97. The average Bonchev–Trinajstić information content (AvgIpc) is 3.54. The van der Waals surface area contributed by atoms with Gasteiger partial charge in [-0.15, -0.1) is 24.0 Å². The molecule has 30 heavy (non-hydrogen) atoms. The largest absolute Gasteiger partial charge is 0.496 e. The van der Waals surface area contributed by atoms with Crippen LogP contribution in [-0.2, 0) is 10.2 Å². The number of hydrogen-bond donors (Lipinski definition) is 3. The van der Waals surface area contributed by atoms with Crippen molar-refractivity contribution in [2.75, 3.05) is 32.6 Å². The summed E-state index contributed by atoms with van der Waals surface area (Å²) in [6.07, 6.45) is 2.74. The van der Waals surface area contributed by atoms with Crippen LogP contribution in [-0.4, -0.2) is 39.1 Å². The van der Waals surface area contributed by atoms with Crippen molar-refractivity contribution < 1.29 is 9.53 Å². The van der Waals surface area contributed by atoms with Crippen molar-refractivity contribution in [1.82, 2.24) is 10.6 Å². The summed E-state index contributed by atoms with van der Waals surface area (Å²) < 4.78 is 5.56. The molecule has 2 aliphatic rings. The molecule has 4 rings (SSSR count). The Morgan fingerprint density at radius 2 is 1.90 bits per heavy atom. The van der Waals surface area contributed by atoms with Gasteiger partial charge in [0.2, 0.25) is 5.91 Å². The lowest BCUT2D eigenvalue weighted by molar-refractivity contribution is -0.116. The van der Waals surface area contributed by atoms with Crippen molar-refractivity contribution >= 4 is 41.5 Å². The highest BCUT2D eigenvalue weighted by Gasteiger charge is 2.46. The standard InChI is InChI=1S/C23H28N4O2.HI/c1-24-22(25-14-16-13-21(28)27-19-9-5-3-7-17(16)19)26-15-23(11-12-23)18-8-4-6-10-20(18)29-2;/h3-10,16H,11-15H2,1-2H3,(H,27,28)(H2,24,25,26);1H. The van der Waals surface area contributed by atoms with Gasteiger partial charge >= 0.3 is 0 Å². The Bertz CT molecular complexity index is 927. The number of benzene rings is 2. The van der Waals surface area contributed by atoms with Gasteiger partial charge in [-0.3, -0.25) is 9.79 Å². The van der Waals surface area contributed by atoms with Crippen molar-refractivity contribution in [2.24, 2.45) is 4.99 Å². The molecule has 160 valence electrons. The molecule has 0 aromatic heterocycles.